The van der Waals surface area contributed by atoms with E-state index in [2.05, 4.69) is 45.2 Å². The third-order valence-electron chi connectivity index (χ3n) is 1.90. The summed E-state index contributed by atoms with van der Waals surface area (Å²) in [6, 6.07) is 6.85. The van der Waals surface area contributed by atoms with Crippen molar-refractivity contribution in [2.75, 3.05) is 6.61 Å². The molecule has 1 aromatic carbocycles. The highest BCUT2D eigenvalue weighted by Crippen LogP contribution is 2.19. The Bertz CT molecular complexity index is 355. The van der Waals surface area contributed by atoms with Crippen molar-refractivity contribution < 1.29 is 9.53 Å². The van der Waals surface area contributed by atoms with E-state index in [1.807, 2.05) is 18.2 Å². The van der Waals surface area contributed by atoms with Gasteiger partial charge in [0.2, 0.25) is 0 Å². The summed E-state index contributed by atoms with van der Waals surface area (Å²) in [5, 5.41) is 0. The second kappa shape index (κ2) is 6.84. The van der Waals surface area contributed by atoms with Crippen molar-refractivity contribution in [3.05, 3.63) is 30.9 Å². The highest BCUT2D eigenvalue weighted by molar-refractivity contribution is 14.1. The maximum absolute atomic E-state index is 11.7. The van der Waals surface area contributed by atoms with Crippen LogP contribution in [-0.4, -0.2) is 22.8 Å². The smallest absolute Gasteiger partial charge is 0.339 e. The number of carbonyl (C=O) groups is 1. The summed E-state index contributed by atoms with van der Waals surface area (Å²) in [5.74, 6) is -0.201. The second-order valence-corrected chi connectivity index (χ2v) is 6.33. The molecular formula is C10H12I2O2Si. The molecule has 0 atom stereocenters. The number of carbonyl (C=O) groups excluding carboxylic acids is 1. The zero-order valence-corrected chi connectivity index (χ0v) is 14.7. The molecule has 0 aliphatic carbocycles. The van der Waals surface area contributed by atoms with Crippen LogP contribution in [0.25, 0.3) is 0 Å². The monoisotopic (exact) mass is 446 g/mol. The summed E-state index contributed by atoms with van der Waals surface area (Å²) in [6.07, 6.45) is 0.985. The van der Waals surface area contributed by atoms with E-state index in [1.54, 1.807) is 0 Å². The molecule has 0 N–H and O–H groups in total. The van der Waals surface area contributed by atoms with E-state index in [4.69, 9.17) is 4.74 Å². The van der Waals surface area contributed by atoms with E-state index in [-0.39, 0.29) is 5.97 Å². The Morgan fingerprint density at radius 3 is 2.80 bits per heavy atom. The first-order valence-electron chi connectivity index (χ1n) is 4.78. The summed E-state index contributed by atoms with van der Waals surface area (Å²) in [5.41, 5.74) is 0.677. The van der Waals surface area contributed by atoms with Crippen molar-refractivity contribution >= 4 is 61.4 Å². The van der Waals surface area contributed by atoms with Gasteiger partial charge in [-0.2, -0.15) is 0 Å². The standard InChI is InChI=1S/C10H12I2O2Si/c11-8-4-1-3-7(9(8)12)10(13)14-5-2-6-15/h1,3-4H,2,5-6H2,15H3. The van der Waals surface area contributed by atoms with Crippen molar-refractivity contribution in [2.45, 2.75) is 12.5 Å². The summed E-state index contributed by atoms with van der Waals surface area (Å²) >= 11 is 4.40. The molecule has 0 saturated carbocycles. The maximum atomic E-state index is 11.7. The van der Waals surface area contributed by atoms with Crippen molar-refractivity contribution in [3.63, 3.8) is 0 Å². The van der Waals surface area contributed by atoms with Gasteiger partial charge >= 0.3 is 5.97 Å². The highest BCUT2D eigenvalue weighted by Gasteiger charge is 2.12. The number of esters is 1. The molecule has 1 aromatic rings. The van der Waals surface area contributed by atoms with Gasteiger partial charge in [-0.3, -0.25) is 0 Å². The van der Waals surface area contributed by atoms with Crippen molar-refractivity contribution in [3.8, 4) is 0 Å². The fourth-order valence-corrected chi connectivity index (χ4v) is 2.42. The third-order valence-corrected chi connectivity index (χ3v) is 5.70. The van der Waals surface area contributed by atoms with Crippen LogP contribution in [0.1, 0.15) is 16.8 Å². The van der Waals surface area contributed by atoms with Crippen LogP contribution in [0.2, 0.25) is 6.04 Å². The van der Waals surface area contributed by atoms with Crippen LogP contribution in [0, 0.1) is 7.14 Å². The van der Waals surface area contributed by atoms with E-state index >= 15 is 0 Å². The third kappa shape index (κ3) is 4.02. The molecule has 1 rings (SSSR count). The summed E-state index contributed by atoms with van der Waals surface area (Å²) in [7, 11) is 1.17. The molecule has 0 amide bonds. The first-order valence-corrected chi connectivity index (χ1v) is 8.35. The van der Waals surface area contributed by atoms with E-state index in [0.29, 0.717) is 12.2 Å². The number of hydrogen-bond acceptors (Lipinski definition) is 2. The summed E-state index contributed by atoms with van der Waals surface area (Å²) < 4.78 is 7.25. The highest BCUT2D eigenvalue weighted by atomic mass is 127. The lowest BCUT2D eigenvalue weighted by Crippen LogP contribution is -2.08. The number of halogens is 2. The molecule has 0 saturated heterocycles. The molecule has 0 aliphatic rings. The SMILES string of the molecule is O=C(OCCC[SiH3])c1cccc(I)c1I. The van der Waals surface area contributed by atoms with E-state index < -0.39 is 0 Å². The lowest BCUT2D eigenvalue weighted by Gasteiger charge is -2.06. The van der Waals surface area contributed by atoms with Crippen LogP contribution >= 0.6 is 45.2 Å². The molecule has 0 unspecified atom stereocenters. The zero-order chi connectivity index (χ0) is 11.3. The van der Waals surface area contributed by atoms with Gasteiger partial charge in [-0.15, -0.1) is 0 Å². The molecular weight excluding hydrogens is 434 g/mol. The van der Waals surface area contributed by atoms with Crippen LogP contribution in [0.5, 0.6) is 0 Å². The minimum absolute atomic E-state index is 0.201. The van der Waals surface area contributed by atoms with Gasteiger partial charge in [-0.25, -0.2) is 4.79 Å². The molecule has 2 nitrogen and oxygen atoms in total. The van der Waals surface area contributed by atoms with Crippen LogP contribution in [0.15, 0.2) is 18.2 Å². The van der Waals surface area contributed by atoms with Gasteiger partial charge in [0, 0.05) is 17.4 Å². The van der Waals surface area contributed by atoms with Gasteiger partial charge in [-0.05, 0) is 63.7 Å². The number of ether oxygens (including phenoxy) is 1. The topological polar surface area (TPSA) is 26.3 Å². The molecule has 0 spiro atoms. The van der Waals surface area contributed by atoms with Crippen molar-refractivity contribution in [2.24, 2.45) is 0 Å². The molecule has 0 aliphatic heterocycles. The van der Waals surface area contributed by atoms with Crippen molar-refractivity contribution in [1.82, 2.24) is 0 Å². The Morgan fingerprint density at radius 2 is 2.13 bits per heavy atom. The molecule has 0 radical (unpaired) electrons. The number of hydrogen-bond donors (Lipinski definition) is 0. The second-order valence-electron chi connectivity index (χ2n) is 3.09. The minimum atomic E-state index is -0.201. The van der Waals surface area contributed by atoms with Crippen LogP contribution in [-0.2, 0) is 4.74 Å². The van der Waals surface area contributed by atoms with E-state index in [0.717, 1.165) is 13.6 Å². The Morgan fingerprint density at radius 1 is 1.40 bits per heavy atom. The van der Waals surface area contributed by atoms with Crippen LogP contribution in [0.3, 0.4) is 0 Å². The van der Waals surface area contributed by atoms with Crippen LogP contribution in [0.4, 0.5) is 0 Å². The Balaban J connectivity index is 2.69. The first-order chi connectivity index (χ1) is 7.16. The fraction of sp³-hybridized carbons (Fsp3) is 0.300. The molecule has 15 heavy (non-hydrogen) atoms. The van der Waals surface area contributed by atoms with Gasteiger partial charge in [-0.1, -0.05) is 12.1 Å². The Labute approximate surface area is 120 Å². The molecule has 0 aromatic heterocycles. The van der Waals surface area contributed by atoms with Gasteiger partial charge in [0.05, 0.1) is 12.2 Å². The molecule has 5 heteroatoms. The molecule has 0 heterocycles. The Kier molecular flexibility index (Phi) is 6.13. The van der Waals surface area contributed by atoms with E-state index in [9.17, 15) is 4.79 Å². The average Bonchev–Trinajstić information content (AvgIpc) is 2.22. The van der Waals surface area contributed by atoms with Gasteiger partial charge in [0.15, 0.2) is 0 Å². The van der Waals surface area contributed by atoms with Gasteiger partial charge < -0.3 is 4.74 Å². The fourth-order valence-electron chi connectivity index (χ4n) is 1.05. The maximum Gasteiger partial charge on any atom is 0.339 e. The van der Waals surface area contributed by atoms with Gasteiger partial charge in [0.25, 0.3) is 0 Å². The van der Waals surface area contributed by atoms with Crippen LogP contribution < -0.4 is 0 Å². The Hall–Kier alpha value is 0.367. The predicted octanol–water partition coefficient (Wildman–Crippen LogP) is 2.23. The molecule has 0 bridgehead atoms. The largest absolute Gasteiger partial charge is 0.462 e. The quantitative estimate of drug-likeness (QED) is 0.307. The molecule has 82 valence electrons. The van der Waals surface area contributed by atoms with E-state index in [1.165, 1.54) is 16.3 Å². The number of rotatable bonds is 4. The summed E-state index contributed by atoms with van der Waals surface area (Å²) in [4.78, 5) is 11.7. The zero-order valence-electron chi connectivity index (χ0n) is 8.43. The minimum Gasteiger partial charge on any atom is -0.462 e. The predicted molar refractivity (Wildman–Crippen MR) is 81.5 cm³/mol. The lowest BCUT2D eigenvalue weighted by molar-refractivity contribution is 0.0504. The summed E-state index contributed by atoms with van der Waals surface area (Å²) in [6.45, 7) is 0.546. The average molecular weight is 446 g/mol. The van der Waals surface area contributed by atoms with Crippen molar-refractivity contribution in [1.29, 1.82) is 0 Å². The first kappa shape index (κ1) is 13.4. The lowest BCUT2D eigenvalue weighted by atomic mass is 10.2. The van der Waals surface area contributed by atoms with Gasteiger partial charge in [0.1, 0.15) is 0 Å². The number of benzene rings is 1. The normalized spacial score (nSPS) is 10.3. The molecule has 0 fully saturated rings.